The number of nitrogens with one attached hydrogen (secondary N) is 1. The zero-order valence-electron chi connectivity index (χ0n) is 17.3. The van der Waals surface area contributed by atoms with Gasteiger partial charge in [0.05, 0.1) is 5.52 Å². The van der Waals surface area contributed by atoms with Crippen LogP contribution in [-0.2, 0) is 0 Å². The molecule has 0 radical (unpaired) electrons. The molecule has 2 aromatic heterocycles. The number of hydrogen-bond donors (Lipinski definition) is 1. The number of halogens is 1. The van der Waals surface area contributed by atoms with E-state index >= 15 is 0 Å². The molecule has 156 valence electrons. The van der Waals surface area contributed by atoms with E-state index in [1.165, 1.54) is 12.1 Å². The second kappa shape index (κ2) is 8.28. The second-order valence-electron chi connectivity index (χ2n) is 7.76. The summed E-state index contributed by atoms with van der Waals surface area (Å²) in [7, 11) is 2.15. The summed E-state index contributed by atoms with van der Waals surface area (Å²) in [6, 6.07) is 16.4. The van der Waals surface area contributed by atoms with Crippen molar-refractivity contribution in [3.05, 3.63) is 72.8 Å². The molecule has 7 heteroatoms. The number of fused-ring (bicyclic) bond motifs is 1. The SMILES string of the molecule is CN1CCN(c2ccc(-c3cccc4cnc(Nc5ccc(F)cc5)nc34)cn2)CC1. The molecule has 0 aliphatic carbocycles. The van der Waals surface area contributed by atoms with Crippen molar-refractivity contribution in [2.24, 2.45) is 0 Å². The normalized spacial score (nSPS) is 14.7. The molecule has 0 unspecified atom stereocenters. The Morgan fingerprint density at radius 2 is 1.68 bits per heavy atom. The van der Waals surface area contributed by atoms with Crippen molar-refractivity contribution in [2.45, 2.75) is 0 Å². The summed E-state index contributed by atoms with van der Waals surface area (Å²) in [6.07, 6.45) is 3.71. The molecule has 3 heterocycles. The number of pyridine rings is 1. The van der Waals surface area contributed by atoms with E-state index in [-0.39, 0.29) is 5.82 Å². The third-order valence-electron chi connectivity index (χ3n) is 5.60. The molecule has 1 aliphatic rings. The Morgan fingerprint density at radius 3 is 2.42 bits per heavy atom. The molecule has 0 spiro atoms. The zero-order valence-corrected chi connectivity index (χ0v) is 17.3. The van der Waals surface area contributed by atoms with Gasteiger partial charge in [-0.05, 0) is 43.4 Å². The Morgan fingerprint density at radius 1 is 0.871 bits per heavy atom. The lowest BCUT2D eigenvalue weighted by Crippen LogP contribution is -2.44. The maximum Gasteiger partial charge on any atom is 0.227 e. The third kappa shape index (κ3) is 4.18. The highest BCUT2D eigenvalue weighted by Crippen LogP contribution is 2.29. The lowest BCUT2D eigenvalue weighted by Gasteiger charge is -2.33. The first-order valence-electron chi connectivity index (χ1n) is 10.3. The van der Waals surface area contributed by atoms with Gasteiger partial charge in [-0.3, -0.25) is 0 Å². The molecule has 1 fully saturated rings. The van der Waals surface area contributed by atoms with E-state index in [1.807, 2.05) is 24.4 Å². The fraction of sp³-hybridized carbons (Fsp3) is 0.208. The van der Waals surface area contributed by atoms with Gasteiger partial charge in [-0.1, -0.05) is 18.2 Å². The van der Waals surface area contributed by atoms with Gasteiger partial charge in [0.15, 0.2) is 0 Å². The largest absolute Gasteiger partial charge is 0.354 e. The Balaban J connectivity index is 1.44. The minimum Gasteiger partial charge on any atom is -0.354 e. The van der Waals surface area contributed by atoms with E-state index in [0.29, 0.717) is 5.95 Å². The van der Waals surface area contributed by atoms with E-state index in [2.05, 4.69) is 39.3 Å². The molecule has 1 N–H and O–H groups in total. The fourth-order valence-electron chi connectivity index (χ4n) is 3.78. The highest BCUT2D eigenvalue weighted by molar-refractivity contribution is 5.93. The summed E-state index contributed by atoms with van der Waals surface area (Å²) in [5.41, 5.74) is 3.59. The van der Waals surface area contributed by atoms with Crippen molar-refractivity contribution in [1.82, 2.24) is 19.9 Å². The van der Waals surface area contributed by atoms with E-state index in [0.717, 1.165) is 59.7 Å². The summed E-state index contributed by atoms with van der Waals surface area (Å²) in [6.45, 7) is 4.08. The van der Waals surface area contributed by atoms with Gasteiger partial charge in [-0.2, -0.15) is 0 Å². The molecule has 2 aromatic carbocycles. The van der Waals surface area contributed by atoms with Crippen molar-refractivity contribution in [3.63, 3.8) is 0 Å². The highest BCUT2D eigenvalue weighted by atomic mass is 19.1. The van der Waals surface area contributed by atoms with Crippen LogP contribution in [0.15, 0.2) is 67.0 Å². The number of aromatic nitrogens is 3. The average molecular weight is 414 g/mol. The van der Waals surface area contributed by atoms with Crippen LogP contribution in [0, 0.1) is 5.82 Å². The van der Waals surface area contributed by atoms with Crippen molar-refractivity contribution in [2.75, 3.05) is 43.4 Å². The monoisotopic (exact) mass is 414 g/mol. The summed E-state index contributed by atoms with van der Waals surface area (Å²) < 4.78 is 13.2. The van der Waals surface area contributed by atoms with Gasteiger partial charge in [0, 0.05) is 60.8 Å². The van der Waals surface area contributed by atoms with Crippen LogP contribution in [0.3, 0.4) is 0 Å². The van der Waals surface area contributed by atoms with Crippen LogP contribution in [0.1, 0.15) is 0 Å². The Hall–Kier alpha value is -3.58. The highest BCUT2D eigenvalue weighted by Gasteiger charge is 2.15. The van der Waals surface area contributed by atoms with Gasteiger partial charge in [0.1, 0.15) is 11.6 Å². The minimum atomic E-state index is -0.278. The summed E-state index contributed by atoms with van der Waals surface area (Å²) in [5, 5.41) is 4.09. The lowest BCUT2D eigenvalue weighted by atomic mass is 10.0. The van der Waals surface area contributed by atoms with E-state index in [1.54, 1.807) is 18.3 Å². The van der Waals surface area contributed by atoms with Gasteiger partial charge in [0.2, 0.25) is 5.95 Å². The van der Waals surface area contributed by atoms with Crippen LogP contribution in [0.4, 0.5) is 21.8 Å². The van der Waals surface area contributed by atoms with Crippen LogP contribution in [-0.4, -0.2) is 53.1 Å². The summed E-state index contributed by atoms with van der Waals surface area (Å²) in [4.78, 5) is 18.5. The van der Waals surface area contributed by atoms with Gasteiger partial charge in [0.25, 0.3) is 0 Å². The zero-order chi connectivity index (χ0) is 21.2. The van der Waals surface area contributed by atoms with Crippen LogP contribution >= 0.6 is 0 Å². The number of rotatable bonds is 4. The van der Waals surface area contributed by atoms with Crippen LogP contribution < -0.4 is 10.2 Å². The molecule has 6 nitrogen and oxygen atoms in total. The molecule has 0 saturated carbocycles. The standard InChI is InChI=1S/C24H23FN6/c1-30-11-13-31(14-12-30)22-10-5-17(15-26-22)21-4-2-3-18-16-27-24(29-23(18)21)28-20-8-6-19(25)7-9-20/h2-10,15-16H,11-14H2,1H3,(H,27,28,29). The molecule has 4 aromatic rings. The van der Waals surface area contributed by atoms with Gasteiger partial charge in [-0.25, -0.2) is 19.3 Å². The maximum atomic E-state index is 13.2. The smallest absolute Gasteiger partial charge is 0.227 e. The van der Waals surface area contributed by atoms with Gasteiger partial charge >= 0.3 is 0 Å². The second-order valence-corrected chi connectivity index (χ2v) is 7.76. The number of benzene rings is 2. The molecule has 1 saturated heterocycles. The topological polar surface area (TPSA) is 57.2 Å². The van der Waals surface area contributed by atoms with Crippen LogP contribution in [0.25, 0.3) is 22.0 Å². The molecule has 31 heavy (non-hydrogen) atoms. The minimum absolute atomic E-state index is 0.278. The Labute approximate surface area is 180 Å². The quantitative estimate of drug-likeness (QED) is 0.537. The molecule has 0 amide bonds. The number of nitrogens with zero attached hydrogens (tertiary/aromatic N) is 5. The number of hydrogen-bond acceptors (Lipinski definition) is 6. The number of para-hydroxylation sites is 1. The van der Waals surface area contributed by atoms with Crippen LogP contribution in [0.2, 0.25) is 0 Å². The number of anilines is 3. The molecule has 5 rings (SSSR count). The predicted molar refractivity (Wildman–Crippen MR) is 122 cm³/mol. The van der Waals surface area contributed by atoms with E-state index < -0.39 is 0 Å². The summed E-state index contributed by atoms with van der Waals surface area (Å²) in [5.74, 6) is 1.19. The number of likely N-dealkylation sites (N-methyl/N-ethyl adjacent to an activating group) is 1. The van der Waals surface area contributed by atoms with E-state index in [9.17, 15) is 4.39 Å². The van der Waals surface area contributed by atoms with Crippen molar-refractivity contribution >= 4 is 28.4 Å². The number of piperazine rings is 1. The first-order valence-corrected chi connectivity index (χ1v) is 10.3. The average Bonchev–Trinajstić information content (AvgIpc) is 2.81. The first-order chi connectivity index (χ1) is 15.2. The molecule has 1 aliphatic heterocycles. The molecule has 0 bridgehead atoms. The third-order valence-corrected chi connectivity index (χ3v) is 5.60. The predicted octanol–water partition coefficient (Wildman–Crippen LogP) is 4.33. The van der Waals surface area contributed by atoms with Crippen LogP contribution in [0.5, 0.6) is 0 Å². The maximum absolute atomic E-state index is 13.2. The molecule has 0 atom stereocenters. The van der Waals surface area contributed by atoms with Crippen molar-refractivity contribution in [1.29, 1.82) is 0 Å². The first kappa shape index (κ1) is 19.4. The Bertz CT molecular complexity index is 1190. The molecular formula is C24H23FN6. The Kier molecular flexibility index (Phi) is 5.18. The lowest BCUT2D eigenvalue weighted by molar-refractivity contribution is 0.312. The summed E-state index contributed by atoms with van der Waals surface area (Å²) >= 11 is 0. The van der Waals surface area contributed by atoms with Gasteiger partial charge in [-0.15, -0.1) is 0 Å². The van der Waals surface area contributed by atoms with E-state index in [4.69, 9.17) is 9.97 Å². The van der Waals surface area contributed by atoms with Crippen molar-refractivity contribution in [3.8, 4) is 11.1 Å². The molecular weight excluding hydrogens is 391 g/mol. The van der Waals surface area contributed by atoms with Gasteiger partial charge < -0.3 is 15.1 Å². The van der Waals surface area contributed by atoms with Crippen molar-refractivity contribution < 1.29 is 4.39 Å². The fourth-order valence-corrected chi connectivity index (χ4v) is 3.78.